The number of aromatic nitrogens is 1. The molecule has 148 valence electrons. The van der Waals surface area contributed by atoms with Crippen LogP contribution in [-0.2, 0) is 0 Å². The molecule has 4 aromatic rings. The number of pyridine rings is 1. The van der Waals surface area contributed by atoms with Crippen LogP contribution in [0.1, 0.15) is 10.4 Å². The van der Waals surface area contributed by atoms with Crippen LogP contribution in [0.2, 0.25) is 5.02 Å². The van der Waals surface area contributed by atoms with Gasteiger partial charge in [-0.2, -0.15) is 0 Å². The van der Waals surface area contributed by atoms with E-state index in [2.05, 4.69) is 5.32 Å². The molecule has 0 atom stereocenters. The number of carboxylic acids is 1. The van der Waals surface area contributed by atoms with E-state index >= 15 is 0 Å². The topological polar surface area (TPSA) is 88.4 Å². The summed E-state index contributed by atoms with van der Waals surface area (Å²) in [5, 5.41) is 12.9. The lowest BCUT2D eigenvalue weighted by Gasteiger charge is -2.15. The molecule has 0 aliphatic heterocycles. The molecule has 7 heteroatoms. The van der Waals surface area contributed by atoms with Gasteiger partial charge in [0, 0.05) is 22.2 Å². The molecule has 1 amide bonds. The first-order chi connectivity index (χ1) is 14.5. The number of carboxylic acid groups (broad SMARTS) is 1. The first-order valence-electron chi connectivity index (χ1n) is 9.00. The van der Waals surface area contributed by atoms with Crippen molar-refractivity contribution in [2.45, 2.75) is 0 Å². The summed E-state index contributed by atoms with van der Waals surface area (Å²) in [4.78, 5) is 37.0. The Balaban J connectivity index is 1.80. The van der Waals surface area contributed by atoms with Crippen molar-refractivity contribution in [1.29, 1.82) is 0 Å². The highest BCUT2D eigenvalue weighted by atomic mass is 35.5. The number of benzene rings is 3. The molecule has 0 unspecified atom stereocenters. The van der Waals surface area contributed by atoms with E-state index in [0.717, 1.165) is 21.9 Å². The first kappa shape index (κ1) is 19.4. The number of hydrogen-bond donors (Lipinski definition) is 2. The summed E-state index contributed by atoms with van der Waals surface area (Å²) in [5.74, 6) is -1.39. The molecule has 1 aromatic heterocycles. The van der Waals surface area contributed by atoms with Crippen LogP contribution < -0.4 is 10.7 Å². The quantitative estimate of drug-likeness (QED) is 0.484. The van der Waals surface area contributed by atoms with Crippen molar-refractivity contribution in [1.82, 2.24) is 4.57 Å². The largest absolute Gasteiger partial charge is 0.477 e. The summed E-state index contributed by atoms with van der Waals surface area (Å²) in [6.07, 6.45) is 1.05. The molecule has 0 aliphatic carbocycles. The number of carbonyl (C=O) groups excluding carboxylic acids is 1. The first-order valence-corrected chi connectivity index (χ1v) is 9.37. The summed E-state index contributed by atoms with van der Waals surface area (Å²) < 4.78 is 1.14. The van der Waals surface area contributed by atoms with Crippen LogP contribution in [0.15, 0.2) is 83.8 Å². The van der Waals surface area contributed by atoms with E-state index in [-0.39, 0.29) is 5.39 Å². The van der Waals surface area contributed by atoms with E-state index in [9.17, 15) is 19.5 Å². The predicted octanol–water partition coefficient (Wildman–Crippen LogP) is 5.10. The average molecular weight is 419 g/mol. The van der Waals surface area contributed by atoms with Crippen LogP contribution in [0.3, 0.4) is 0 Å². The Morgan fingerprint density at radius 3 is 2.30 bits per heavy atom. The van der Waals surface area contributed by atoms with E-state index in [1.807, 2.05) is 24.3 Å². The highest BCUT2D eigenvalue weighted by Crippen LogP contribution is 2.29. The zero-order valence-corrected chi connectivity index (χ0v) is 16.3. The fourth-order valence-electron chi connectivity index (χ4n) is 3.25. The predicted molar refractivity (Wildman–Crippen MR) is 116 cm³/mol. The van der Waals surface area contributed by atoms with Gasteiger partial charge in [-0.1, -0.05) is 54.1 Å². The van der Waals surface area contributed by atoms with Gasteiger partial charge in [0.25, 0.3) is 0 Å². The van der Waals surface area contributed by atoms with Gasteiger partial charge in [0.2, 0.25) is 5.43 Å². The molecular weight excluding hydrogens is 404 g/mol. The van der Waals surface area contributed by atoms with Gasteiger partial charge in [-0.3, -0.25) is 9.36 Å². The Labute approximate surface area is 176 Å². The lowest BCUT2D eigenvalue weighted by atomic mass is 10.0. The third-order valence-electron chi connectivity index (χ3n) is 4.68. The number of carbonyl (C=O) groups is 2. The van der Waals surface area contributed by atoms with Gasteiger partial charge in [-0.05, 0) is 35.9 Å². The molecular formula is C23H15ClN2O4. The van der Waals surface area contributed by atoms with Gasteiger partial charge >= 0.3 is 12.0 Å². The molecule has 0 spiro atoms. The second-order valence-corrected chi connectivity index (χ2v) is 6.98. The lowest BCUT2D eigenvalue weighted by Crippen LogP contribution is -2.25. The van der Waals surface area contributed by atoms with Crippen LogP contribution in [0.4, 0.5) is 10.5 Å². The molecule has 0 bridgehead atoms. The minimum Gasteiger partial charge on any atom is -0.477 e. The Morgan fingerprint density at radius 2 is 1.57 bits per heavy atom. The minimum atomic E-state index is -1.39. The second kappa shape index (κ2) is 7.85. The molecule has 0 radical (unpaired) electrons. The fraction of sp³-hybridized carbons (Fsp3) is 0. The van der Waals surface area contributed by atoms with E-state index in [0.29, 0.717) is 16.2 Å². The lowest BCUT2D eigenvalue weighted by molar-refractivity contribution is 0.0695. The molecule has 0 saturated heterocycles. The number of rotatable bonds is 3. The standard InChI is InChI=1S/C23H15ClN2O4/c24-15-11-9-14(10-12-15)16-5-1-3-7-19(16)25-23(30)26-13-18(22(28)29)21(27)17-6-2-4-8-20(17)26/h1-13H,(H,25,30)(H,28,29). The molecule has 2 N–H and O–H groups in total. The summed E-state index contributed by atoms with van der Waals surface area (Å²) in [7, 11) is 0. The van der Waals surface area contributed by atoms with Gasteiger partial charge in [0.15, 0.2) is 0 Å². The average Bonchev–Trinajstić information content (AvgIpc) is 2.75. The maximum absolute atomic E-state index is 13.1. The van der Waals surface area contributed by atoms with E-state index in [1.165, 1.54) is 6.07 Å². The Kier molecular flexibility index (Phi) is 5.08. The Bertz CT molecular complexity index is 1340. The third kappa shape index (κ3) is 3.56. The summed E-state index contributed by atoms with van der Waals surface area (Å²) >= 11 is 5.97. The Hall–Kier alpha value is -3.90. The van der Waals surface area contributed by atoms with Crippen LogP contribution in [0.25, 0.3) is 22.0 Å². The van der Waals surface area contributed by atoms with Crippen molar-refractivity contribution in [3.05, 3.63) is 99.8 Å². The zero-order chi connectivity index (χ0) is 21.3. The van der Waals surface area contributed by atoms with Crippen molar-refractivity contribution >= 4 is 40.2 Å². The van der Waals surface area contributed by atoms with Crippen molar-refractivity contribution < 1.29 is 14.7 Å². The molecule has 4 rings (SSSR count). The van der Waals surface area contributed by atoms with Crippen molar-refractivity contribution in [2.24, 2.45) is 0 Å². The number of amides is 1. The van der Waals surface area contributed by atoms with Gasteiger partial charge in [0.05, 0.1) is 11.2 Å². The second-order valence-electron chi connectivity index (χ2n) is 6.55. The smallest absolute Gasteiger partial charge is 0.341 e. The van der Waals surface area contributed by atoms with Gasteiger partial charge in [-0.25, -0.2) is 9.59 Å². The van der Waals surface area contributed by atoms with E-state index < -0.39 is 23.0 Å². The normalized spacial score (nSPS) is 10.7. The molecule has 0 saturated carbocycles. The number of fused-ring (bicyclic) bond motifs is 1. The number of hydrogen-bond acceptors (Lipinski definition) is 3. The van der Waals surface area contributed by atoms with E-state index in [1.54, 1.807) is 42.5 Å². The third-order valence-corrected chi connectivity index (χ3v) is 4.94. The van der Waals surface area contributed by atoms with Gasteiger partial charge < -0.3 is 10.4 Å². The van der Waals surface area contributed by atoms with Crippen molar-refractivity contribution in [3.8, 4) is 11.1 Å². The fourth-order valence-corrected chi connectivity index (χ4v) is 3.37. The van der Waals surface area contributed by atoms with Crippen molar-refractivity contribution in [3.63, 3.8) is 0 Å². The number of halogens is 1. The minimum absolute atomic E-state index is 0.151. The SMILES string of the molecule is O=C(O)c1cn(C(=O)Nc2ccccc2-c2ccc(Cl)cc2)c2ccccc2c1=O. The van der Waals surface area contributed by atoms with Gasteiger partial charge in [-0.15, -0.1) is 0 Å². The molecule has 6 nitrogen and oxygen atoms in total. The molecule has 30 heavy (non-hydrogen) atoms. The van der Waals surface area contributed by atoms with Crippen LogP contribution in [0.5, 0.6) is 0 Å². The van der Waals surface area contributed by atoms with Crippen LogP contribution in [-0.4, -0.2) is 21.7 Å². The molecule has 3 aromatic carbocycles. The molecule has 0 aliphatic rings. The van der Waals surface area contributed by atoms with Crippen LogP contribution >= 0.6 is 11.6 Å². The number of nitrogens with zero attached hydrogens (tertiary/aromatic N) is 1. The van der Waals surface area contributed by atoms with E-state index in [4.69, 9.17) is 11.6 Å². The highest BCUT2D eigenvalue weighted by molar-refractivity contribution is 6.30. The van der Waals surface area contributed by atoms with Gasteiger partial charge in [0.1, 0.15) is 5.56 Å². The molecule has 0 fully saturated rings. The monoisotopic (exact) mass is 418 g/mol. The number of para-hydroxylation sites is 2. The van der Waals surface area contributed by atoms with Crippen molar-refractivity contribution in [2.75, 3.05) is 5.32 Å². The summed E-state index contributed by atoms with van der Waals surface area (Å²) in [6.45, 7) is 0. The van der Waals surface area contributed by atoms with Crippen LogP contribution in [0, 0.1) is 0 Å². The summed E-state index contributed by atoms with van der Waals surface area (Å²) in [5.41, 5.74) is 1.36. The summed E-state index contributed by atoms with van der Waals surface area (Å²) in [6, 6.07) is 20.2. The number of anilines is 1. The number of nitrogens with one attached hydrogen (secondary N) is 1. The highest BCUT2D eigenvalue weighted by Gasteiger charge is 2.18. The maximum atomic E-state index is 13.1. The Morgan fingerprint density at radius 1 is 0.900 bits per heavy atom. The molecule has 1 heterocycles. The zero-order valence-electron chi connectivity index (χ0n) is 15.5. The maximum Gasteiger partial charge on any atom is 0.341 e. The number of aromatic carboxylic acids is 1.